The standard InChI is InChI=1S/C12H20N8O4/c21-9(13-1-5-19-7-3-15-11(19)23)17-18-10(22)14-2-6-20-8-4-16-12(20)24/h1H,2-8H2,(H,15,23)(H,16,24)(H,17,21)(H2,14,18,22). The highest BCUT2D eigenvalue weighted by molar-refractivity contribution is 5.87. The number of carbonyl (C=O) groups is 4. The van der Waals surface area contributed by atoms with Crippen molar-refractivity contribution in [1.29, 1.82) is 0 Å². The second-order valence-electron chi connectivity index (χ2n) is 5.02. The predicted molar refractivity (Wildman–Crippen MR) is 83.5 cm³/mol. The fraction of sp³-hybridized carbons (Fsp3) is 0.583. The molecule has 0 radical (unpaired) electrons. The fourth-order valence-corrected chi connectivity index (χ4v) is 2.12. The highest BCUT2D eigenvalue weighted by atomic mass is 16.2. The van der Waals surface area contributed by atoms with Gasteiger partial charge in [-0.2, -0.15) is 0 Å². The Morgan fingerprint density at radius 3 is 2.38 bits per heavy atom. The lowest BCUT2D eigenvalue weighted by molar-refractivity contribution is 0.214. The van der Waals surface area contributed by atoms with E-state index in [-0.39, 0.29) is 25.2 Å². The molecule has 12 nitrogen and oxygen atoms in total. The molecular formula is C12H20N8O4. The lowest BCUT2D eigenvalue weighted by Crippen LogP contribution is -2.48. The third-order valence-electron chi connectivity index (χ3n) is 3.35. The summed E-state index contributed by atoms with van der Waals surface area (Å²) in [5, 5.41) is 7.76. The Labute approximate surface area is 138 Å². The van der Waals surface area contributed by atoms with Crippen molar-refractivity contribution in [2.75, 3.05) is 45.8 Å². The van der Waals surface area contributed by atoms with Crippen molar-refractivity contribution >= 4 is 30.3 Å². The van der Waals surface area contributed by atoms with Crippen molar-refractivity contribution in [3.63, 3.8) is 0 Å². The Morgan fingerprint density at radius 1 is 1.08 bits per heavy atom. The Kier molecular flexibility index (Phi) is 6.16. The molecule has 0 spiro atoms. The molecule has 2 aliphatic heterocycles. The molecule has 8 amide bonds. The van der Waals surface area contributed by atoms with Crippen LogP contribution in [0.25, 0.3) is 0 Å². The molecule has 2 rings (SSSR count). The van der Waals surface area contributed by atoms with E-state index in [0.717, 1.165) is 0 Å². The first-order valence-electron chi connectivity index (χ1n) is 7.48. The summed E-state index contributed by atoms with van der Waals surface area (Å²) >= 11 is 0. The van der Waals surface area contributed by atoms with Crippen LogP contribution in [0.5, 0.6) is 0 Å². The topological polar surface area (TPSA) is 147 Å². The number of amides is 8. The van der Waals surface area contributed by atoms with Gasteiger partial charge in [0.05, 0.1) is 6.54 Å². The molecule has 2 heterocycles. The van der Waals surface area contributed by atoms with Crippen LogP contribution in [0, 0.1) is 0 Å². The molecule has 2 saturated heterocycles. The van der Waals surface area contributed by atoms with Gasteiger partial charge in [0.25, 0.3) is 0 Å². The molecule has 5 N–H and O–H groups in total. The van der Waals surface area contributed by atoms with Crippen LogP contribution in [0.3, 0.4) is 0 Å². The van der Waals surface area contributed by atoms with Gasteiger partial charge in [0, 0.05) is 45.5 Å². The van der Waals surface area contributed by atoms with Crippen LogP contribution in [0.2, 0.25) is 0 Å². The molecule has 2 fully saturated rings. The van der Waals surface area contributed by atoms with Crippen molar-refractivity contribution in [2.45, 2.75) is 0 Å². The average Bonchev–Trinajstić information content (AvgIpc) is 3.14. The van der Waals surface area contributed by atoms with Crippen LogP contribution in [0.1, 0.15) is 0 Å². The smallest absolute Gasteiger partial charge is 0.336 e. The minimum Gasteiger partial charge on any atom is -0.336 e. The number of nitrogens with zero attached hydrogens (tertiary/aromatic N) is 3. The summed E-state index contributed by atoms with van der Waals surface area (Å²) in [6.45, 7) is 3.16. The largest absolute Gasteiger partial charge is 0.359 e. The van der Waals surface area contributed by atoms with E-state index >= 15 is 0 Å². The zero-order valence-corrected chi connectivity index (χ0v) is 13.0. The number of hydrazine groups is 1. The van der Waals surface area contributed by atoms with Crippen LogP contribution < -0.4 is 26.8 Å². The molecule has 132 valence electrons. The molecule has 0 unspecified atom stereocenters. The van der Waals surface area contributed by atoms with Crippen molar-refractivity contribution in [1.82, 2.24) is 36.6 Å². The van der Waals surface area contributed by atoms with Gasteiger partial charge in [-0.05, 0) is 0 Å². The van der Waals surface area contributed by atoms with Gasteiger partial charge >= 0.3 is 24.1 Å². The van der Waals surface area contributed by atoms with Gasteiger partial charge in [0.2, 0.25) is 0 Å². The maximum absolute atomic E-state index is 11.5. The van der Waals surface area contributed by atoms with Crippen LogP contribution in [-0.4, -0.2) is 86.0 Å². The average molecular weight is 340 g/mol. The maximum Gasteiger partial charge on any atom is 0.359 e. The lowest BCUT2D eigenvalue weighted by Gasteiger charge is -2.14. The molecule has 0 aromatic rings. The second-order valence-corrected chi connectivity index (χ2v) is 5.02. The minimum absolute atomic E-state index is 0.161. The third kappa shape index (κ3) is 5.30. The van der Waals surface area contributed by atoms with Gasteiger partial charge in [-0.1, -0.05) is 0 Å². The SMILES string of the molecule is O=C(N=CCN1CCNC1=O)NNC(=O)NCCN1CCNC1=O. The fourth-order valence-electron chi connectivity index (χ4n) is 2.12. The van der Waals surface area contributed by atoms with E-state index in [1.165, 1.54) is 11.1 Å². The Bertz CT molecular complexity index is 537. The van der Waals surface area contributed by atoms with E-state index in [9.17, 15) is 19.2 Å². The number of carbonyl (C=O) groups excluding carboxylic acids is 4. The van der Waals surface area contributed by atoms with E-state index in [1.807, 2.05) is 0 Å². The molecule has 0 aromatic carbocycles. The van der Waals surface area contributed by atoms with Gasteiger partial charge in [-0.15, -0.1) is 0 Å². The van der Waals surface area contributed by atoms with Gasteiger partial charge in [0.15, 0.2) is 0 Å². The number of urea groups is 4. The molecule has 0 bridgehead atoms. The van der Waals surface area contributed by atoms with Crippen LogP contribution >= 0.6 is 0 Å². The summed E-state index contributed by atoms with van der Waals surface area (Å²) in [5.74, 6) is 0. The van der Waals surface area contributed by atoms with Gasteiger partial charge in [0.1, 0.15) is 0 Å². The summed E-state index contributed by atoms with van der Waals surface area (Å²) in [4.78, 5) is 52.0. The number of hydrogen-bond donors (Lipinski definition) is 5. The molecule has 0 aromatic heterocycles. The summed E-state index contributed by atoms with van der Waals surface area (Å²) in [6.07, 6.45) is 1.28. The van der Waals surface area contributed by atoms with Crippen LogP contribution in [0.15, 0.2) is 4.99 Å². The zero-order chi connectivity index (χ0) is 17.4. The lowest BCUT2D eigenvalue weighted by atomic mass is 10.5. The van der Waals surface area contributed by atoms with Crippen molar-refractivity contribution < 1.29 is 19.2 Å². The first-order chi connectivity index (χ1) is 11.6. The predicted octanol–water partition coefficient (Wildman–Crippen LogP) is -1.97. The van der Waals surface area contributed by atoms with Crippen LogP contribution in [0.4, 0.5) is 19.2 Å². The van der Waals surface area contributed by atoms with Crippen molar-refractivity contribution in [3.05, 3.63) is 0 Å². The van der Waals surface area contributed by atoms with Crippen molar-refractivity contribution in [3.8, 4) is 0 Å². The highest BCUT2D eigenvalue weighted by Gasteiger charge is 2.19. The van der Waals surface area contributed by atoms with Crippen LogP contribution in [-0.2, 0) is 0 Å². The zero-order valence-electron chi connectivity index (χ0n) is 13.0. The molecular weight excluding hydrogens is 320 g/mol. The quantitative estimate of drug-likeness (QED) is 0.292. The third-order valence-corrected chi connectivity index (χ3v) is 3.35. The van der Waals surface area contributed by atoms with E-state index in [4.69, 9.17) is 0 Å². The second kappa shape index (κ2) is 8.55. The summed E-state index contributed by atoms with van der Waals surface area (Å²) in [5.41, 5.74) is 4.23. The first-order valence-corrected chi connectivity index (χ1v) is 7.48. The van der Waals surface area contributed by atoms with Gasteiger partial charge in [-0.3, -0.25) is 0 Å². The maximum atomic E-state index is 11.5. The minimum atomic E-state index is -0.760. The van der Waals surface area contributed by atoms with Gasteiger partial charge < -0.3 is 25.8 Å². The number of rotatable bonds is 5. The molecule has 0 atom stereocenters. The Hall–Kier alpha value is -3.05. The molecule has 12 heteroatoms. The highest BCUT2D eigenvalue weighted by Crippen LogP contribution is 1.94. The van der Waals surface area contributed by atoms with Crippen molar-refractivity contribution in [2.24, 2.45) is 4.99 Å². The summed E-state index contributed by atoms with van der Waals surface area (Å²) in [6, 6.07) is -1.74. The molecule has 2 aliphatic rings. The molecule has 0 aliphatic carbocycles. The van der Waals surface area contributed by atoms with E-state index in [1.54, 1.807) is 4.90 Å². The van der Waals surface area contributed by atoms with Gasteiger partial charge in [-0.25, -0.2) is 35.0 Å². The summed E-state index contributed by atoms with van der Waals surface area (Å²) < 4.78 is 0. The van der Waals surface area contributed by atoms with E-state index in [2.05, 4.69) is 31.8 Å². The molecule has 0 saturated carbocycles. The normalized spacial score (nSPS) is 17.0. The number of hydrogen-bond acceptors (Lipinski definition) is 4. The number of nitrogens with one attached hydrogen (secondary N) is 5. The number of aliphatic imine (C=N–C) groups is 1. The Balaban J connectivity index is 1.54. The summed E-state index contributed by atoms with van der Waals surface area (Å²) in [7, 11) is 0. The first kappa shape index (κ1) is 17.3. The molecule has 24 heavy (non-hydrogen) atoms. The van der Waals surface area contributed by atoms with E-state index in [0.29, 0.717) is 32.7 Å². The Morgan fingerprint density at radius 2 is 1.75 bits per heavy atom. The monoisotopic (exact) mass is 340 g/mol. The van der Waals surface area contributed by atoms with E-state index < -0.39 is 12.1 Å².